The molecule has 0 radical (unpaired) electrons. The van der Waals surface area contributed by atoms with Crippen molar-refractivity contribution in [2.24, 2.45) is 5.41 Å². The zero-order chi connectivity index (χ0) is 11.6. The molecule has 1 aromatic rings. The van der Waals surface area contributed by atoms with Gasteiger partial charge in [0.25, 0.3) is 0 Å². The second-order valence-corrected chi connectivity index (χ2v) is 5.82. The Labute approximate surface area is 98.0 Å². The number of hydrogen-bond donors (Lipinski definition) is 0. The first-order valence-electron chi connectivity index (χ1n) is 5.25. The summed E-state index contributed by atoms with van der Waals surface area (Å²) in [6.07, 6.45) is 1.06. The molecule has 0 aliphatic heterocycles. The molecule has 1 rings (SSSR count). The minimum absolute atomic E-state index is 0.308. The Hall–Kier alpha value is -0.690. The number of hydrogen-bond acceptors (Lipinski definition) is 1. The fourth-order valence-electron chi connectivity index (χ4n) is 1.64. The third-order valence-electron chi connectivity index (χ3n) is 2.23. The van der Waals surface area contributed by atoms with Crippen LogP contribution in [0.15, 0.2) is 18.2 Å². The molecule has 0 unspecified atom stereocenters. The molecule has 0 saturated heterocycles. The van der Waals surface area contributed by atoms with Crippen LogP contribution < -0.4 is 4.90 Å². The first-order valence-corrected chi connectivity index (χ1v) is 5.63. The van der Waals surface area contributed by atoms with E-state index in [1.165, 1.54) is 5.56 Å². The van der Waals surface area contributed by atoms with Gasteiger partial charge in [-0.3, -0.25) is 0 Å². The van der Waals surface area contributed by atoms with Crippen molar-refractivity contribution in [2.45, 2.75) is 27.2 Å². The minimum Gasteiger partial charge on any atom is -0.376 e. The SMILES string of the molecule is CN(C)c1ccc(CC(C)(C)C)cc1Cl. The number of anilines is 1. The Kier molecular flexibility index (Phi) is 3.67. The summed E-state index contributed by atoms with van der Waals surface area (Å²) in [4.78, 5) is 2.03. The van der Waals surface area contributed by atoms with E-state index < -0.39 is 0 Å². The second kappa shape index (κ2) is 4.44. The standard InChI is InChI=1S/C13H20ClN/c1-13(2,3)9-10-6-7-12(15(4)5)11(14)8-10/h6-8H,9H2,1-5H3. The lowest BCUT2D eigenvalue weighted by Crippen LogP contribution is -2.11. The summed E-state index contributed by atoms with van der Waals surface area (Å²) in [5.74, 6) is 0. The molecular weight excluding hydrogens is 206 g/mol. The van der Waals surface area contributed by atoms with Crippen LogP contribution in [-0.2, 0) is 6.42 Å². The fourth-order valence-corrected chi connectivity index (χ4v) is 2.01. The van der Waals surface area contributed by atoms with Gasteiger partial charge >= 0.3 is 0 Å². The molecule has 1 aromatic carbocycles. The van der Waals surface area contributed by atoms with E-state index in [2.05, 4.69) is 39.0 Å². The Morgan fingerprint density at radius 3 is 2.20 bits per heavy atom. The van der Waals surface area contributed by atoms with Crippen LogP contribution in [0.1, 0.15) is 26.3 Å². The van der Waals surface area contributed by atoms with Crippen LogP contribution in [-0.4, -0.2) is 14.1 Å². The van der Waals surface area contributed by atoms with Crippen molar-refractivity contribution in [1.29, 1.82) is 0 Å². The Balaban J connectivity index is 2.92. The van der Waals surface area contributed by atoms with Crippen LogP contribution >= 0.6 is 11.6 Å². The zero-order valence-electron chi connectivity index (χ0n) is 10.3. The summed E-state index contributed by atoms with van der Waals surface area (Å²) >= 11 is 6.21. The van der Waals surface area contributed by atoms with Gasteiger partial charge in [0, 0.05) is 14.1 Å². The van der Waals surface area contributed by atoms with E-state index in [-0.39, 0.29) is 0 Å². The maximum absolute atomic E-state index is 6.21. The molecule has 0 fully saturated rings. The molecule has 1 nitrogen and oxygen atoms in total. The Morgan fingerprint density at radius 2 is 1.80 bits per heavy atom. The van der Waals surface area contributed by atoms with Gasteiger partial charge in [0.1, 0.15) is 0 Å². The number of nitrogens with zero attached hydrogens (tertiary/aromatic N) is 1. The van der Waals surface area contributed by atoms with E-state index in [1.54, 1.807) is 0 Å². The van der Waals surface area contributed by atoms with Crippen LogP contribution in [0, 0.1) is 5.41 Å². The maximum Gasteiger partial charge on any atom is 0.0642 e. The van der Waals surface area contributed by atoms with E-state index in [0.717, 1.165) is 17.1 Å². The highest BCUT2D eigenvalue weighted by atomic mass is 35.5. The van der Waals surface area contributed by atoms with Crippen molar-refractivity contribution in [1.82, 2.24) is 0 Å². The van der Waals surface area contributed by atoms with Gasteiger partial charge in [0.15, 0.2) is 0 Å². The van der Waals surface area contributed by atoms with Crippen molar-refractivity contribution in [3.63, 3.8) is 0 Å². The third kappa shape index (κ3) is 3.75. The van der Waals surface area contributed by atoms with Gasteiger partial charge < -0.3 is 4.90 Å². The normalized spacial score (nSPS) is 11.6. The summed E-state index contributed by atoms with van der Waals surface area (Å²) < 4.78 is 0. The van der Waals surface area contributed by atoms with Crippen LogP contribution in [0.5, 0.6) is 0 Å². The highest BCUT2D eigenvalue weighted by molar-refractivity contribution is 6.33. The van der Waals surface area contributed by atoms with Crippen molar-refractivity contribution < 1.29 is 0 Å². The van der Waals surface area contributed by atoms with Crippen molar-refractivity contribution in [3.05, 3.63) is 28.8 Å². The molecule has 15 heavy (non-hydrogen) atoms. The molecule has 0 aromatic heterocycles. The van der Waals surface area contributed by atoms with Gasteiger partial charge in [0.2, 0.25) is 0 Å². The van der Waals surface area contributed by atoms with E-state index in [9.17, 15) is 0 Å². The molecular formula is C13H20ClN. The maximum atomic E-state index is 6.21. The molecule has 0 N–H and O–H groups in total. The van der Waals surface area contributed by atoms with Crippen LogP contribution in [0.4, 0.5) is 5.69 Å². The van der Waals surface area contributed by atoms with Crippen LogP contribution in [0.3, 0.4) is 0 Å². The van der Waals surface area contributed by atoms with E-state index in [4.69, 9.17) is 11.6 Å². The molecule has 0 amide bonds. The van der Waals surface area contributed by atoms with E-state index in [1.807, 2.05) is 19.0 Å². The number of rotatable bonds is 2. The Bertz CT molecular complexity index is 337. The van der Waals surface area contributed by atoms with Gasteiger partial charge in [-0.15, -0.1) is 0 Å². The molecule has 0 aliphatic carbocycles. The molecule has 0 heterocycles. The molecule has 0 bridgehead atoms. The van der Waals surface area contributed by atoms with E-state index >= 15 is 0 Å². The average molecular weight is 226 g/mol. The predicted octanol–water partition coefficient (Wildman–Crippen LogP) is 3.99. The molecule has 84 valence electrons. The highest BCUT2D eigenvalue weighted by Crippen LogP contribution is 2.28. The lowest BCUT2D eigenvalue weighted by atomic mass is 9.88. The summed E-state index contributed by atoms with van der Waals surface area (Å²) in [5.41, 5.74) is 2.69. The Morgan fingerprint density at radius 1 is 1.20 bits per heavy atom. The van der Waals surface area contributed by atoms with Gasteiger partial charge in [0.05, 0.1) is 10.7 Å². The zero-order valence-corrected chi connectivity index (χ0v) is 11.0. The second-order valence-electron chi connectivity index (χ2n) is 5.42. The van der Waals surface area contributed by atoms with Crippen molar-refractivity contribution >= 4 is 17.3 Å². The lowest BCUT2D eigenvalue weighted by Gasteiger charge is -2.20. The summed E-state index contributed by atoms with van der Waals surface area (Å²) in [6.45, 7) is 6.71. The topological polar surface area (TPSA) is 3.24 Å². The van der Waals surface area contributed by atoms with Gasteiger partial charge in [-0.05, 0) is 29.5 Å². The van der Waals surface area contributed by atoms with Crippen LogP contribution in [0.2, 0.25) is 5.02 Å². The summed E-state index contributed by atoms with van der Waals surface area (Å²) in [7, 11) is 4.01. The van der Waals surface area contributed by atoms with Crippen molar-refractivity contribution in [3.8, 4) is 0 Å². The molecule has 2 heteroatoms. The summed E-state index contributed by atoms with van der Waals surface area (Å²) in [5, 5.41) is 0.835. The summed E-state index contributed by atoms with van der Waals surface area (Å²) in [6, 6.07) is 6.32. The van der Waals surface area contributed by atoms with E-state index in [0.29, 0.717) is 5.41 Å². The van der Waals surface area contributed by atoms with Crippen molar-refractivity contribution in [2.75, 3.05) is 19.0 Å². The predicted molar refractivity (Wildman–Crippen MR) is 68.9 cm³/mol. The lowest BCUT2D eigenvalue weighted by molar-refractivity contribution is 0.411. The number of benzene rings is 1. The quantitative estimate of drug-likeness (QED) is 0.736. The van der Waals surface area contributed by atoms with Gasteiger partial charge in [-0.1, -0.05) is 38.4 Å². The van der Waals surface area contributed by atoms with Gasteiger partial charge in [-0.2, -0.15) is 0 Å². The van der Waals surface area contributed by atoms with Crippen LogP contribution in [0.25, 0.3) is 0 Å². The third-order valence-corrected chi connectivity index (χ3v) is 2.53. The minimum atomic E-state index is 0.308. The highest BCUT2D eigenvalue weighted by Gasteiger charge is 2.12. The first-order chi connectivity index (χ1) is 6.79. The molecule has 0 saturated carbocycles. The van der Waals surface area contributed by atoms with Gasteiger partial charge in [-0.25, -0.2) is 0 Å². The fraction of sp³-hybridized carbons (Fsp3) is 0.538. The molecule has 0 atom stereocenters. The number of halogens is 1. The molecule has 0 aliphatic rings. The first kappa shape index (κ1) is 12.4. The molecule has 0 spiro atoms. The monoisotopic (exact) mass is 225 g/mol. The average Bonchev–Trinajstić information content (AvgIpc) is 1.99. The smallest absolute Gasteiger partial charge is 0.0642 e. The largest absolute Gasteiger partial charge is 0.376 e.